The Morgan fingerprint density at radius 2 is 1.50 bits per heavy atom. The summed E-state index contributed by atoms with van der Waals surface area (Å²) in [6.45, 7) is 0.897. The van der Waals surface area contributed by atoms with Gasteiger partial charge in [0, 0.05) is 12.6 Å². The van der Waals surface area contributed by atoms with Gasteiger partial charge in [-0.25, -0.2) is 0 Å². The molecule has 2 aromatic rings. The maximum absolute atomic E-state index is 12.9. The summed E-state index contributed by atoms with van der Waals surface area (Å²) in [5.74, 6) is 0.212. The fourth-order valence-electron chi connectivity index (χ4n) is 3.89. The van der Waals surface area contributed by atoms with Crippen LogP contribution in [-0.2, 0) is 4.79 Å². The number of hydrogen-bond acceptors (Lipinski definition) is 1. The van der Waals surface area contributed by atoms with Crippen LogP contribution in [0, 0.1) is 5.92 Å². The molecule has 2 aromatic carbocycles. The minimum absolute atomic E-state index is 0.0599. The van der Waals surface area contributed by atoms with Crippen LogP contribution in [0.5, 0.6) is 0 Å². The molecule has 4 rings (SSSR count). The molecule has 0 radical (unpaired) electrons. The number of likely N-dealkylation sites (tertiary alicyclic amines) is 1. The molecule has 0 aromatic heterocycles. The molecule has 0 N–H and O–H groups in total. The zero-order chi connectivity index (χ0) is 17.8. The molecule has 1 saturated heterocycles. The van der Waals surface area contributed by atoms with Gasteiger partial charge in [-0.2, -0.15) is 0 Å². The van der Waals surface area contributed by atoms with Crippen LogP contribution < -0.4 is 10.6 Å². The highest BCUT2D eigenvalue weighted by molar-refractivity contribution is 7.73. The Bertz CT molecular complexity index is 748. The van der Waals surface area contributed by atoms with Crippen LogP contribution in [0.4, 0.5) is 0 Å². The van der Waals surface area contributed by atoms with Crippen molar-refractivity contribution in [3.05, 3.63) is 85.0 Å². The van der Waals surface area contributed by atoms with Crippen LogP contribution in [0.1, 0.15) is 12.8 Å². The van der Waals surface area contributed by atoms with Gasteiger partial charge in [0.15, 0.2) is 0 Å². The van der Waals surface area contributed by atoms with Crippen molar-refractivity contribution in [2.24, 2.45) is 5.92 Å². The molecule has 0 saturated carbocycles. The molecule has 1 atom stereocenters. The zero-order valence-electron chi connectivity index (χ0n) is 14.9. The van der Waals surface area contributed by atoms with Crippen LogP contribution in [0.25, 0.3) is 0 Å². The van der Waals surface area contributed by atoms with Gasteiger partial charge >= 0.3 is 0 Å². The van der Waals surface area contributed by atoms with E-state index in [1.165, 1.54) is 10.6 Å². The summed E-state index contributed by atoms with van der Waals surface area (Å²) >= 11 is 0. The molecule has 1 aliphatic carbocycles. The van der Waals surface area contributed by atoms with Crippen molar-refractivity contribution in [2.45, 2.75) is 18.9 Å². The van der Waals surface area contributed by atoms with Gasteiger partial charge in [-0.3, -0.25) is 4.79 Å². The Labute approximate surface area is 157 Å². The van der Waals surface area contributed by atoms with Crippen molar-refractivity contribution in [3.63, 3.8) is 0 Å². The topological polar surface area (TPSA) is 20.3 Å². The maximum Gasteiger partial charge on any atom is 0.233 e. The smallest absolute Gasteiger partial charge is 0.233 e. The molecule has 2 nitrogen and oxygen atoms in total. The molecule has 1 fully saturated rings. The molecule has 3 heteroatoms. The predicted molar refractivity (Wildman–Crippen MR) is 110 cm³/mol. The van der Waals surface area contributed by atoms with Crippen molar-refractivity contribution < 1.29 is 4.79 Å². The number of rotatable bonds is 5. The molecule has 132 valence electrons. The fourth-order valence-corrected chi connectivity index (χ4v) is 6.48. The lowest BCUT2D eigenvalue weighted by Crippen LogP contribution is -2.41. The highest BCUT2D eigenvalue weighted by atomic mass is 31.1. The first kappa shape index (κ1) is 17.2. The number of benzene rings is 2. The second kappa shape index (κ2) is 8.01. The van der Waals surface area contributed by atoms with Gasteiger partial charge in [-0.05, 0) is 37.5 Å². The van der Waals surface area contributed by atoms with Gasteiger partial charge < -0.3 is 4.90 Å². The normalized spacial score (nSPS) is 19.6. The lowest BCUT2D eigenvalue weighted by molar-refractivity contribution is -0.133. The van der Waals surface area contributed by atoms with E-state index in [1.54, 1.807) is 0 Å². The fraction of sp³-hybridized carbons (Fsp3) is 0.261. The first-order valence-corrected chi connectivity index (χ1v) is 10.9. The lowest BCUT2D eigenvalue weighted by Gasteiger charge is -2.30. The summed E-state index contributed by atoms with van der Waals surface area (Å²) in [6, 6.07) is 21.9. The number of carbonyl (C=O) groups is 1. The molecule has 0 unspecified atom stereocenters. The summed E-state index contributed by atoms with van der Waals surface area (Å²) in [4.78, 5) is 15.1. The zero-order valence-corrected chi connectivity index (χ0v) is 15.8. The second-order valence-corrected chi connectivity index (χ2v) is 9.16. The quantitative estimate of drug-likeness (QED) is 0.741. The highest BCUT2D eigenvalue weighted by Gasteiger charge is 2.33. The number of carbonyl (C=O) groups excluding carboxylic acids is 1. The van der Waals surface area contributed by atoms with Gasteiger partial charge in [-0.15, -0.1) is 0 Å². The van der Waals surface area contributed by atoms with Crippen molar-refractivity contribution in [1.29, 1.82) is 0 Å². The Morgan fingerprint density at radius 3 is 2.08 bits per heavy atom. The molecule has 1 heterocycles. The van der Waals surface area contributed by atoms with Crippen LogP contribution >= 0.6 is 7.92 Å². The summed E-state index contributed by atoms with van der Waals surface area (Å²) in [6.07, 6.45) is 11.3. The standard InChI is InChI=1S/C23H24NOP/c25-23(19-10-7-8-11-19)24-17-9-12-20(24)18-26(21-13-3-1-4-14-21)22-15-5-2-6-16-22/h1-8,10-11,13-16,19-20H,9,12,17-18H2/t20-/m0/s1. The molecule has 1 aliphatic heterocycles. The summed E-state index contributed by atoms with van der Waals surface area (Å²) in [7, 11) is -0.455. The van der Waals surface area contributed by atoms with E-state index >= 15 is 0 Å². The molecule has 0 bridgehead atoms. The number of amides is 1. The van der Waals surface area contributed by atoms with E-state index in [0.29, 0.717) is 6.04 Å². The average Bonchev–Trinajstić information content (AvgIpc) is 3.39. The molecule has 1 amide bonds. The van der Waals surface area contributed by atoms with E-state index in [-0.39, 0.29) is 11.8 Å². The van der Waals surface area contributed by atoms with E-state index in [1.807, 2.05) is 24.3 Å². The molecular formula is C23H24NOP. The Hall–Kier alpha value is -2.18. The largest absolute Gasteiger partial charge is 0.339 e. The summed E-state index contributed by atoms with van der Waals surface area (Å²) in [5.41, 5.74) is 0. The van der Waals surface area contributed by atoms with Gasteiger partial charge in [0.05, 0.1) is 5.92 Å². The molecule has 2 aliphatic rings. The summed E-state index contributed by atoms with van der Waals surface area (Å²) < 4.78 is 0. The first-order chi connectivity index (χ1) is 12.8. The average molecular weight is 361 g/mol. The van der Waals surface area contributed by atoms with Crippen LogP contribution in [0.2, 0.25) is 0 Å². The third-order valence-electron chi connectivity index (χ3n) is 5.22. The van der Waals surface area contributed by atoms with E-state index in [9.17, 15) is 4.79 Å². The maximum atomic E-state index is 12.9. The minimum Gasteiger partial charge on any atom is -0.339 e. The monoisotopic (exact) mass is 361 g/mol. The molecule has 26 heavy (non-hydrogen) atoms. The van der Waals surface area contributed by atoms with Crippen molar-refractivity contribution in [1.82, 2.24) is 4.90 Å². The van der Waals surface area contributed by atoms with Gasteiger partial charge in [-0.1, -0.05) is 85.0 Å². The number of hydrogen-bond donors (Lipinski definition) is 0. The van der Waals surface area contributed by atoms with Crippen molar-refractivity contribution >= 4 is 24.4 Å². The van der Waals surface area contributed by atoms with Gasteiger partial charge in [0.25, 0.3) is 0 Å². The van der Waals surface area contributed by atoms with E-state index in [2.05, 4.69) is 65.6 Å². The van der Waals surface area contributed by atoms with Crippen LogP contribution in [-0.4, -0.2) is 29.6 Å². The third-order valence-corrected chi connectivity index (χ3v) is 7.85. The van der Waals surface area contributed by atoms with Crippen LogP contribution in [0.15, 0.2) is 85.0 Å². The molecular weight excluding hydrogens is 337 g/mol. The van der Waals surface area contributed by atoms with Crippen molar-refractivity contribution in [3.8, 4) is 0 Å². The van der Waals surface area contributed by atoms with Crippen LogP contribution in [0.3, 0.4) is 0 Å². The molecule has 0 spiro atoms. The lowest BCUT2D eigenvalue weighted by atomic mass is 10.1. The number of allylic oxidation sites excluding steroid dienone is 2. The minimum atomic E-state index is -0.455. The van der Waals surface area contributed by atoms with E-state index in [4.69, 9.17) is 0 Å². The third kappa shape index (κ3) is 3.66. The van der Waals surface area contributed by atoms with E-state index in [0.717, 1.165) is 25.5 Å². The predicted octanol–water partition coefficient (Wildman–Crippen LogP) is 3.85. The number of nitrogens with zero attached hydrogens (tertiary/aromatic N) is 1. The highest BCUT2D eigenvalue weighted by Crippen LogP contribution is 2.38. The SMILES string of the molecule is O=C(C1C=CC=C1)N1CCC[C@H]1CP(c1ccccc1)c1ccccc1. The van der Waals surface area contributed by atoms with Gasteiger partial charge in [0.2, 0.25) is 5.91 Å². The summed E-state index contributed by atoms with van der Waals surface area (Å²) in [5, 5.41) is 2.79. The Balaban J connectivity index is 1.58. The van der Waals surface area contributed by atoms with Crippen molar-refractivity contribution in [2.75, 3.05) is 12.7 Å². The first-order valence-electron chi connectivity index (χ1n) is 9.36. The van der Waals surface area contributed by atoms with E-state index < -0.39 is 7.92 Å². The Morgan fingerprint density at radius 1 is 0.923 bits per heavy atom. The second-order valence-electron chi connectivity index (χ2n) is 6.90. The van der Waals surface area contributed by atoms with Gasteiger partial charge in [0.1, 0.15) is 0 Å². The Kier molecular flexibility index (Phi) is 5.32.